The molecule has 1 unspecified atom stereocenters. The van der Waals surface area contributed by atoms with Crippen LogP contribution in [-0.4, -0.2) is 30.2 Å². The molecule has 0 N–H and O–H groups in total. The number of benzene rings is 2. The summed E-state index contributed by atoms with van der Waals surface area (Å²) < 4.78 is 0. The minimum Gasteiger partial charge on any atom is -0.240 e. The molecule has 0 fully saturated rings. The lowest BCUT2D eigenvalue weighted by Gasteiger charge is -2.42. The SMILES string of the molecule is CC(C)(C)P(Cc1ccc(-c2ccccc2)cc1C(P)(c1ncccn1)c1ncccn1)C(C)(C)C. The van der Waals surface area contributed by atoms with Gasteiger partial charge in [-0.05, 0) is 56.9 Å². The third-order valence-corrected chi connectivity index (χ3v) is 11.2. The lowest BCUT2D eigenvalue weighted by Crippen LogP contribution is -2.30. The Kier molecular flexibility index (Phi) is 7.69. The van der Waals surface area contributed by atoms with Crippen LogP contribution in [0.1, 0.15) is 64.3 Å². The molecule has 2 aromatic carbocycles. The number of nitrogens with zero attached hydrogens (tertiary/aromatic N) is 4. The summed E-state index contributed by atoms with van der Waals surface area (Å²) in [5, 5.41) is -0.405. The Morgan fingerprint density at radius 2 is 1.14 bits per heavy atom. The molecule has 0 radical (unpaired) electrons. The highest BCUT2D eigenvalue weighted by Crippen LogP contribution is 2.62. The van der Waals surface area contributed by atoms with Gasteiger partial charge in [-0.3, -0.25) is 0 Å². The zero-order valence-electron chi connectivity index (χ0n) is 22.1. The Hall–Kier alpha value is -2.54. The standard InChI is InChI=1S/C30H36N4P2/c1-28(2,3)36(29(4,5)6)21-24-15-14-23(22-12-8-7-9-13-22)20-25(24)30(35,26-31-16-10-17-32-26)27-33-18-11-19-34-27/h7-20H,21,35H2,1-6H3. The minimum absolute atomic E-state index is 0.193. The van der Waals surface area contributed by atoms with Crippen molar-refractivity contribution in [3.8, 4) is 11.1 Å². The second-order valence-electron chi connectivity index (χ2n) is 11.1. The molecule has 186 valence electrons. The Balaban J connectivity index is 2.00. The van der Waals surface area contributed by atoms with E-state index < -0.39 is 5.16 Å². The van der Waals surface area contributed by atoms with Crippen molar-refractivity contribution >= 4 is 17.2 Å². The topological polar surface area (TPSA) is 51.6 Å². The number of rotatable bonds is 6. The second-order valence-corrected chi connectivity index (χ2v) is 15.8. The molecule has 4 aromatic rings. The number of hydrogen-bond acceptors (Lipinski definition) is 4. The minimum atomic E-state index is -0.792. The van der Waals surface area contributed by atoms with E-state index in [1.807, 2.05) is 18.2 Å². The summed E-state index contributed by atoms with van der Waals surface area (Å²) in [6, 6.07) is 21.0. The summed E-state index contributed by atoms with van der Waals surface area (Å²) in [4.78, 5) is 18.9. The predicted octanol–water partition coefficient (Wildman–Crippen LogP) is 7.68. The molecule has 0 bridgehead atoms. The third-order valence-electron chi connectivity index (χ3n) is 6.43. The first-order valence-corrected chi connectivity index (χ1v) is 14.4. The van der Waals surface area contributed by atoms with Gasteiger partial charge in [0.1, 0.15) is 16.8 Å². The molecular weight excluding hydrogens is 478 g/mol. The molecule has 0 aliphatic carbocycles. The van der Waals surface area contributed by atoms with Crippen molar-refractivity contribution in [2.45, 2.75) is 63.2 Å². The van der Waals surface area contributed by atoms with E-state index in [0.717, 1.165) is 17.3 Å². The van der Waals surface area contributed by atoms with Gasteiger partial charge in [0.05, 0.1) is 0 Å². The summed E-state index contributed by atoms with van der Waals surface area (Å²) in [6.07, 6.45) is 8.16. The first-order valence-electron chi connectivity index (χ1n) is 12.3. The zero-order chi connectivity index (χ0) is 26.0. The first-order chi connectivity index (χ1) is 17.0. The third kappa shape index (κ3) is 5.56. The second kappa shape index (κ2) is 10.4. The van der Waals surface area contributed by atoms with Gasteiger partial charge < -0.3 is 0 Å². The molecule has 4 rings (SSSR count). The van der Waals surface area contributed by atoms with Gasteiger partial charge in [0.2, 0.25) is 0 Å². The highest BCUT2D eigenvalue weighted by molar-refractivity contribution is 7.60. The van der Waals surface area contributed by atoms with E-state index in [0.29, 0.717) is 11.6 Å². The van der Waals surface area contributed by atoms with Crippen molar-refractivity contribution < 1.29 is 0 Å². The molecule has 0 spiro atoms. The maximum absolute atomic E-state index is 4.72. The Morgan fingerprint density at radius 1 is 0.639 bits per heavy atom. The van der Waals surface area contributed by atoms with Gasteiger partial charge in [0.15, 0.2) is 0 Å². The van der Waals surface area contributed by atoms with E-state index in [2.05, 4.69) is 93.2 Å². The molecule has 36 heavy (non-hydrogen) atoms. The van der Waals surface area contributed by atoms with Crippen LogP contribution in [0, 0.1) is 0 Å². The van der Waals surface area contributed by atoms with Crippen LogP contribution in [0.15, 0.2) is 85.5 Å². The maximum Gasteiger partial charge on any atom is 0.150 e. The van der Waals surface area contributed by atoms with Gasteiger partial charge in [-0.25, -0.2) is 19.9 Å². The van der Waals surface area contributed by atoms with Crippen molar-refractivity contribution in [2.75, 3.05) is 0 Å². The highest BCUT2D eigenvalue weighted by atomic mass is 31.1. The van der Waals surface area contributed by atoms with E-state index in [4.69, 9.17) is 19.9 Å². The van der Waals surface area contributed by atoms with Crippen molar-refractivity contribution in [1.82, 2.24) is 19.9 Å². The normalized spacial score (nSPS) is 12.7. The molecule has 2 aromatic heterocycles. The summed E-state index contributed by atoms with van der Waals surface area (Å²) >= 11 is 0. The summed E-state index contributed by atoms with van der Waals surface area (Å²) in [5.41, 5.74) is 4.76. The molecule has 4 nitrogen and oxygen atoms in total. The summed E-state index contributed by atoms with van der Waals surface area (Å²) in [7, 11) is 2.66. The molecule has 0 saturated heterocycles. The van der Waals surface area contributed by atoms with Gasteiger partial charge in [-0.1, -0.05) is 91.9 Å². The number of aromatic nitrogens is 4. The molecule has 6 heteroatoms. The molecule has 2 heterocycles. The molecule has 0 aliphatic rings. The van der Waals surface area contributed by atoms with E-state index in [-0.39, 0.29) is 18.2 Å². The fourth-order valence-corrected chi connectivity index (χ4v) is 9.03. The molecule has 1 atom stereocenters. The fourth-order valence-electron chi connectivity index (χ4n) is 4.89. The van der Waals surface area contributed by atoms with Gasteiger partial charge in [-0.15, -0.1) is 9.24 Å². The van der Waals surface area contributed by atoms with Crippen LogP contribution in [0.2, 0.25) is 0 Å². The Morgan fingerprint density at radius 3 is 1.61 bits per heavy atom. The van der Waals surface area contributed by atoms with Crippen molar-refractivity contribution in [3.05, 3.63) is 108 Å². The molecular formula is C30H36N4P2. The summed E-state index contributed by atoms with van der Waals surface area (Å²) in [5.74, 6) is 1.34. The monoisotopic (exact) mass is 514 g/mol. The Labute approximate surface area is 219 Å². The van der Waals surface area contributed by atoms with Crippen LogP contribution in [-0.2, 0) is 11.3 Å². The summed E-state index contributed by atoms with van der Waals surface area (Å²) in [6.45, 7) is 14.2. The molecule has 0 amide bonds. The quantitative estimate of drug-likeness (QED) is 0.248. The number of hydrogen-bond donors (Lipinski definition) is 0. The van der Waals surface area contributed by atoms with Crippen LogP contribution < -0.4 is 0 Å². The van der Waals surface area contributed by atoms with Crippen LogP contribution >= 0.6 is 17.2 Å². The van der Waals surface area contributed by atoms with Crippen molar-refractivity contribution in [2.24, 2.45) is 0 Å². The predicted molar refractivity (Wildman–Crippen MR) is 156 cm³/mol. The van der Waals surface area contributed by atoms with E-state index in [1.165, 1.54) is 11.1 Å². The first kappa shape index (κ1) is 26.5. The van der Waals surface area contributed by atoms with Gasteiger partial charge in [-0.2, -0.15) is 0 Å². The lowest BCUT2D eigenvalue weighted by molar-refractivity contribution is 0.698. The lowest BCUT2D eigenvalue weighted by atomic mass is 9.88. The van der Waals surface area contributed by atoms with Crippen LogP contribution in [0.25, 0.3) is 11.1 Å². The zero-order valence-corrected chi connectivity index (χ0v) is 24.2. The maximum atomic E-state index is 4.72. The van der Waals surface area contributed by atoms with Crippen LogP contribution in [0.3, 0.4) is 0 Å². The van der Waals surface area contributed by atoms with Gasteiger partial charge in [0.25, 0.3) is 0 Å². The smallest absolute Gasteiger partial charge is 0.150 e. The molecule has 0 aliphatic heterocycles. The van der Waals surface area contributed by atoms with E-state index in [9.17, 15) is 0 Å². The molecule has 0 saturated carbocycles. The van der Waals surface area contributed by atoms with E-state index in [1.54, 1.807) is 24.8 Å². The largest absolute Gasteiger partial charge is 0.240 e. The Bertz CT molecular complexity index is 1230. The average molecular weight is 515 g/mol. The van der Waals surface area contributed by atoms with Gasteiger partial charge in [0, 0.05) is 24.8 Å². The van der Waals surface area contributed by atoms with E-state index >= 15 is 0 Å². The van der Waals surface area contributed by atoms with Crippen LogP contribution in [0.5, 0.6) is 0 Å². The van der Waals surface area contributed by atoms with Crippen molar-refractivity contribution in [3.63, 3.8) is 0 Å². The van der Waals surface area contributed by atoms with Gasteiger partial charge >= 0.3 is 0 Å². The fraction of sp³-hybridized carbons (Fsp3) is 0.333. The average Bonchev–Trinajstić information content (AvgIpc) is 2.87. The van der Waals surface area contributed by atoms with Crippen LogP contribution in [0.4, 0.5) is 0 Å². The highest BCUT2D eigenvalue weighted by Gasteiger charge is 2.41. The van der Waals surface area contributed by atoms with Crippen molar-refractivity contribution in [1.29, 1.82) is 0 Å².